The highest BCUT2D eigenvalue weighted by atomic mass is 32.1. The molecule has 1 aliphatic heterocycles. The third kappa shape index (κ3) is 4.83. The maximum Gasteiger partial charge on any atom is 0.289 e. The Bertz CT molecular complexity index is 855. The highest BCUT2D eigenvalue weighted by Gasteiger charge is 2.30. The number of nitrogens with zero attached hydrogens (tertiary/aromatic N) is 3. The Labute approximate surface area is 182 Å². The van der Waals surface area contributed by atoms with Gasteiger partial charge in [-0.1, -0.05) is 37.5 Å². The summed E-state index contributed by atoms with van der Waals surface area (Å²) in [4.78, 5) is 32.0. The molecule has 2 amide bonds. The normalized spacial score (nSPS) is 18.2. The van der Waals surface area contributed by atoms with Gasteiger partial charge in [-0.15, -0.1) is 11.3 Å². The number of amides is 2. The number of rotatable bonds is 5. The first-order valence-electron chi connectivity index (χ1n) is 11.0. The van der Waals surface area contributed by atoms with Gasteiger partial charge in [0.15, 0.2) is 0 Å². The van der Waals surface area contributed by atoms with Crippen LogP contribution in [0.4, 0.5) is 5.69 Å². The molecule has 2 aromatic rings. The lowest BCUT2D eigenvalue weighted by Crippen LogP contribution is -2.42. The molecule has 2 aliphatic rings. The molecule has 6 nitrogen and oxygen atoms in total. The van der Waals surface area contributed by atoms with Gasteiger partial charge in [-0.05, 0) is 37.8 Å². The maximum absolute atomic E-state index is 12.8. The number of nitrogens with one attached hydrogen (secondary N) is 1. The van der Waals surface area contributed by atoms with Gasteiger partial charge in [0.1, 0.15) is 5.69 Å². The van der Waals surface area contributed by atoms with E-state index in [9.17, 15) is 9.59 Å². The summed E-state index contributed by atoms with van der Waals surface area (Å²) in [6.45, 7) is 1.61. The second-order valence-corrected chi connectivity index (χ2v) is 9.23. The van der Waals surface area contributed by atoms with E-state index in [0.717, 1.165) is 49.5 Å². The fourth-order valence-corrected chi connectivity index (χ4v) is 5.43. The van der Waals surface area contributed by atoms with Crippen LogP contribution in [-0.2, 0) is 4.79 Å². The lowest BCUT2D eigenvalue weighted by molar-refractivity contribution is -0.137. The molecule has 30 heavy (non-hydrogen) atoms. The number of likely N-dealkylation sites (tertiary alicyclic amines) is 1. The van der Waals surface area contributed by atoms with Crippen LogP contribution in [0.1, 0.15) is 66.4 Å². The summed E-state index contributed by atoms with van der Waals surface area (Å²) in [5.41, 5.74) is 4.24. The van der Waals surface area contributed by atoms with Gasteiger partial charge in [0.05, 0.1) is 10.7 Å². The van der Waals surface area contributed by atoms with Crippen molar-refractivity contribution in [1.29, 1.82) is 0 Å². The molecule has 7 heteroatoms. The number of para-hydroxylation sites is 1. The molecule has 0 atom stereocenters. The Hall–Kier alpha value is -2.41. The molecule has 0 radical (unpaired) electrons. The summed E-state index contributed by atoms with van der Waals surface area (Å²) < 4.78 is 0. The van der Waals surface area contributed by atoms with Gasteiger partial charge in [-0.3, -0.25) is 20.0 Å². The number of benzene rings is 1. The number of carbonyl (C=O) groups is 2. The van der Waals surface area contributed by atoms with E-state index in [-0.39, 0.29) is 11.8 Å². The van der Waals surface area contributed by atoms with Crippen LogP contribution in [-0.4, -0.2) is 41.8 Å². The van der Waals surface area contributed by atoms with Crippen LogP contribution >= 0.6 is 11.3 Å². The number of hydrogen-bond acceptors (Lipinski definition) is 5. The molecule has 1 aromatic heterocycles. The second-order valence-electron chi connectivity index (χ2n) is 8.34. The van der Waals surface area contributed by atoms with Crippen molar-refractivity contribution in [2.24, 2.45) is 5.92 Å². The predicted molar refractivity (Wildman–Crippen MR) is 120 cm³/mol. The smallest absolute Gasteiger partial charge is 0.289 e. The lowest BCUT2D eigenvalue weighted by Gasteiger charge is -2.34. The molecule has 4 rings (SSSR count). The van der Waals surface area contributed by atoms with E-state index >= 15 is 0 Å². The number of aromatic nitrogens is 1. The van der Waals surface area contributed by atoms with E-state index < -0.39 is 0 Å². The van der Waals surface area contributed by atoms with Crippen LogP contribution in [0.2, 0.25) is 0 Å². The van der Waals surface area contributed by atoms with Gasteiger partial charge in [0, 0.05) is 37.4 Å². The van der Waals surface area contributed by atoms with Crippen molar-refractivity contribution in [1.82, 2.24) is 15.3 Å². The lowest BCUT2D eigenvalue weighted by atomic mass is 9.87. The Morgan fingerprint density at radius 1 is 1.07 bits per heavy atom. The fraction of sp³-hybridized carbons (Fsp3) is 0.522. The van der Waals surface area contributed by atoms with Crippen molar-refractivity contribution in [3.8, 4) is 0 Å². The average molecular weight is 427 g/mol. The van der Waals surface area contributed by atoms with Gasteiger partial charge in [-0.2, -0.15) is 0 Å². The number of piperidine rings is 1. The van der Waals surface area contributed by atoms with Gasteiger partial charge >= 0.3 is 0 Å². The topological polar surface area (TPSA) is 65.5 Å². The van der Waals surface area contributed by atoms with Crippen molar-refractivity contribution in [2.45, 2.75) is 50.9 Å². The molecule has 0 bridgehead atoms. The van der Waals surface area contributed by atoms with Crippen LogP contribution in [0.5, 0.6) is 0 Å². The zero-order chi connectivity index (χ0) is 20.9. The summed E-state index contributed by atoms with van der Waals surface area (Å²) >= 11 is 1.55. The second kappa shape index (κ2) is 9.60. The Balaban J connectivity index is 1.30. The molecule has 2 heterocycles. The molecule has 0 unspecified atom stereocenters. The molecule has 1 saturated heterocycles. The number of hydrogen-bond donors (Lipinski definition) is 1. The summed E-state index contributed by atoms with van der Waals surface area (Å²) in [6, 6.07) is 9.69. The van der Waals surface area contributed by atoms with Crippen molar-refractivity contribution in [2.75, 3.05) is 25.1 Å². The zero-order valence-corrected chi connectivity index (χ0v) is 18.4. The molecule has 1 aliphatic carbocycles. The van der Waals surface area contributed by atoms with Gasteiger partial charge in [0.25, 0.3) is 5.91 Å². The predicted octanol–water partition coefficient (Wildman–Crippen LogP) is 4.21. The molecule has 1 aromatic carbocycles. The van der Waals surface area contributed by atoms with Crippen molar-refractivity contribution >= 4 is 28.8 Å². The summed E-state index contributed by atoms with van der Waals surface area (Å²) in [7, 11) is 1.82. The van der Waals surface area contributed by atoms with E-state index in [4.69, 9.17) is 0 Å². The van der Waals surface area contributed by atoms with Crippen LogP contribution in [0, 0.1) is 5.92 Å². The van der Waals surface area contributed by atoms with Crippen molar-refractivity contribution in [3.05, 3.63) is 46.4 Å². The third-order valence-electron chi connectivity index (χ3n) is 6.28. The number of thiazole rings is 1. The van der Waals surface area contributed by atoms with Gasteiger partial charge < -0.3 is 4.90 Å². The number of carbonyl (C=O) groups excluding carboxylic acids is 2. The maximum atomic E-state index is 12.8. The summed E-state index contributed by atoms with van der Waals surface area (Å²) in [5, 5.41) is 4.55. The highest BCUT2D eigenvalue weighted by molar-refractivity contribution is 7.09. The zero-order valence-electron chi connectivity index (χ0n) is 17.5. The quantitative estimate of drug-likeness (QED) is 0.728. The third-order valence-corrected chi connectivity index (χ3v) is 7.28. The van der Waals surface area contributed by atoms with E-state index in [1.165, 1.54) is 19.3 Å². The first-order chi connectivity index (χ1) is 14.6. The number of hydrazine groups is 1. The van der Waals surface area contributed by atoms with Gasteiger partial charge in [0.2, 0.25) is 5.91 Å². The van der Waals surface area contributed by atoms with Crippen LogP contribution in [0.15, 0.2) is 35.7 Å². The standard InChI is InChI=1S/C23H30N4O2S/c1-26(19-10-6-3-7-11-19)25-21(28)20-16-30-22(24-20)17-12-14-27(15-13-17)23(29)18-8-4-2-5-9-18/h3,6-7,10-11,16-18H,2,4-5,8-9,12-15H2,1H3,(H,25,28). The first-order valence-corrected chi connectivity index (χ1v) is 11.8. The van der Waals surface area contributed by atoms with E-state index in [1.54, 1.807) is 16.3 Å². The molecule has 1 N–H and O–H groups in total. The van der Waals surface area contributed by atoms with Crippen LogP contribution in [0.3, 0.4) is 0 Å². The molecular formula is C23H30N4O2S. The molecule has 160 valence electrons. The SMILES string of the molecule is CN(NC(=O)c1csc(C2CCN(C(=O)C3CCCCC3)CC2)n1)c1ccccc1. The first kappa shape index (κ1) is 20.8. The largest absolute Gasteiger partial charge is 0.342 e. The van der Waals surface area contributed by atoms with Crippen molar-refractivity contribution in [3.63, 3.8) is 0 Å². The van der Waals surface area contributed by atoms with Crippen LogP contribution in [0.25, 0.3) is 0 Å². The highest BCUT2D eigenvalue weighted by Crippen LogP contribution is 2.32. The number of anilines is 1. The van der Waals surface area contributed by atoms with E-state index in [2.05, 4.69) is 15.3 Å². The minimum Gasteiger partial charge on any atom is -0.342 e. The summed E-state index contributed by atoms with van der Waals surface area (Å²) in [5.74, 6) is 0.732. The van der Waals surface area contributed by atoms with Crippen LogP contribution < -0.4 is 10.4 Å². The summed E-state index contributed by atoms with van der Waals surface area (Å²) in [6.07, 6.45) is 7.62. The molecule has 1 saturated carbocycles. The molecular weight excluding hydrogens is 396 g/mol. The Morgan fingerprint density at radius 2 is 1.77 bits per heavy atom. The Morgan fingerprint density at radius 3 is 2.47 bits per heavy atom. The minimum atomic E-state index is -0.200. The minimum absolute atomic E-state index is 0.200. The van der Waals surface area contributed by atoms with E-state index in [0.29, 0.717) is 17.5 Å². The monoisotopic (exact) mass is 426 g/mol. The molecule has 0 spiro atoms. The van der Waals surface area contributed by atoms with E-state index in [1.807, 2.05) is 42.8 Å². The fourth-order valence-electron chi connectivity index (χ4n) is 4.46. The molecule has 2 fully saturated rings. The Kier molecular flexibility index (Phi) is 6.67. The van der Waals surface area contributed by atoms with Gasteiger partial charge in [-0.25, -0.2) is 4.98 Å². The average Bonchev–Trinajstić information content (AvgIpc) is 3.30. The van der Waals surface area contributed by atoms with Crippen molar-refractivity contribution < 1.29 is 9.59 Å².